The summed E-state index contributed by atoms with van der Waals surface area (Å²) in [6.07, 6.45) is 0. The molecule has 1 fully saturated rings. The van der Waals surface area contributed by atoms with Gasteiger partial charge in [0.05, 0.1) is 20.0 Å². The first-order valence-electron chi connectivity index (χ1n) is 6.79. The first-order chi connectivity index (χ1) is 11.1. The highest BCUT2D eigenvalue weighted by atomic mass is 32.2. The zero-order chi connectivity index (χ0) is 16.8. The molecule has 2 rings (SSSR count). The molecule has 1 aliphatic rings. The molecule has 0 aliphatic carbocycles. The largest absolute Gasteiger partial charge is 0.494 e. The van der Waals surface area contributed by atoms with Gasteiger partial charge in [0.25, 0.3) is 5.24 Å². The Hall–Kier alpha value is -2.42. The van der Waals surface area contributed by atoms with E-state index in [1.54, 1.807) is 18.2 Å². The number of ether oxygens (including phenoxy) is 2. The number of rotatable bonds is 6. The number of hydrogen-bond donors (Lipinski definition) is 2. The molecule has 1 saturated heterocycles. The molecular weight excluding hydrogens is 322 g/mol. The van der Waals surface area contributed by atoms with Crippen molar-refractivity contribution >= 4 is 34.6 Å². The van der Waals surface area contributed by atoms with Crippen molar-refractivity contribution in [3.05, 3.63) is 18.2 Å². The maximum atomic E-state index is 12.0. The van der Waals surface area contributed by atoms with E-state index in [-0.39, 0.29) is 30.0 Å². The van der Waals surface area contributed by atoms with Gasteiger partial charge in [0.1, 0.15) is 17.2 Å². The highest BCUT2D eigenvalue weighted by Gasteiger charge is 2.29. The molecule has 0 unspecified atom stereocenters. The molecule has 4 amide bonds. The third-order valence-electron chi connectivity index (χ3n) is 3.13. The molecule has 8 nitrogen and oxygen atoms in total. The van der Waals surface area contributed by atoms with Crippen molar-refractivity contribution in [1.82, 2.24) is 10.2 Å². The number of nitrogens with one attached hydrogen (secondary N) is 2. The van der Waals surface area contributed by atoms with E-state index < -0.39 is 6.03 Å². The molecule has 0 bridgehead atoms. The van der Waals surface area contributed by atoms with E-state index in [0.29, 0.717) is 17.2 Å². The summed E-state index contributed by atoms with van der Waals surface area (Å²) in [5.41, 5.74) is 0.402. The zero-order valence-corrected chi connectivity index (χ0v) is 13.6. The van der Waals surface area contributed by atoms with Gasteiger partial charge < -0.3 is 20.1 Å². The molecule has 0 saturated carbocycles. The molecule has 0 aromatic heterocycles. The van der Waals surface area contributed by atoms with E-state index >= 15 is 0 Å². The molecule has 1 heterocycles. The predicted molar refractivity (Wildman–Crippen MR) is 86.1 cm³/mol. The highest BCUT2D eigenvalue weighted by molar-refractivity contribution is 8.14. The van der Waals surface area contributed by atoms with Gasteiger partial charge in [-0.05, 0) is 12.1 Å². The quantitative estimate of drug-likeness (QED) is 0.816. The first kappa shape index (κ1) is 16.9. The number of carbonyl (C=O) groups is 3. The van der Waals surface area contributed by atoms with Crippen LogP contribution < -0.4 is 20.1 Å². The maximum Gasteiger partial charge on any atom is 0.319 e. The summed E-state index contributed by atoms with van der Waals surface area (Å²) in [5.74, 6) is 0.832. The number of anilines is 1. The van der Waals surface area contributed by atoms with Gasteiger partial charge in [-0.25, -0.2) is 4.79 Å². The molecule has 0 atom stereocenters. The third-order valence-corrected chi connectivity index (χ3v) is 3.99. The molecule has 1 aromatic rings. The summed E-state index contributed by atoms with van der Waals surface area (Å²) in [7, 11) is 2.97. The average molecular weight is 339 g/mol. The second-order valence-corrected chi connectivity index (χ2v) is 5.44. The Balaban J connectivity index is 1.90. The normalized spacial score (nSPS) is 13.9. The van der Waals surface area contributed by atoms with Crippen molar-refractivity contribution in [3.63, 3.8) is 0 Å². The van der Waals surface area contributed by atoms with E-state index in [4.69, 9.17) is 9.47 Å². The van der Waals surface area contributed by atoms with Gasteiger partial charge in [-0.1, -0.05) is 17.8 Å². The van der Waals surface area contributed by atoms with Gasteiger partial charge in [0.15, 0.2) is 0 Å². The van der Waals surface area contributed by atoms with Crippen LogP contribution in [0.5, 0.6) is 11.5 Å². The zero-order valence-electron chi connectivity index (χ0n) is 12.8. The average Bonchev–Trinajstić information content (AvgIpc) is 2.87. The van der Waals surface area contributed by atoms with Crippen molar-refractivity contribution in [2.24, 2.45) is 0 Å². The summed E-state index contributed by atoms with van der Waals surface area (Å²) in [6, 6.07) is 4.64. The molecule has 124 valence electrons. The number of methoxy groups -OCH3 is 2. The van der Waals surface area contributed by atoms with E-state index in [9.17, 15) is 14.4 Å². The number of amides is 4. The van der Waals surface area contributed by atoms with E-state index in [0.717, 1.165) is 16.7 Å². The molecule has 23 heavy (non-hydrogen) atoms. The van der Waals surface area contributed by atoms with Crippen LogP contribution in [-0.4, -0.2) is 55.1 Å². The van der Waals surface area contributed by atoms with Crippen molar-refractivity contribution in [1.29, 1.82) is 0 Å². The van der Waals surface area contributed by atoms with Gasteiger partial charge in [0.2, 0.25) is 5.91 Å². The Morgan fingerprint density at radius 3 is 2.43 bits per heavy atom. The second-order valence-electron chi connectivity index (χ2n) is 4.52. The minimum absolute atomic E-state index is 0.140. The van der Waals surface area contributed by atoms with Crippen molar-refractivity contribution in [2.75, 3.05) is 38.4 Å². The Bertz CT molecular complexity index is 584. The number of urea groups is 1. The summed E-state index contributed by atoms with van der Waals surface area (Å²) in [4.78, 5) is 35.9. The summed E-state index contributed by atoms with van der Waals surface area (Å²) >= 11 is 0.961. The number of hydrogen-bond acceptors (Lipinski definition) is 6. The first-order valence-corrected chi connectivity index (χ1v) is 7.78. The number of benzene rings is 1. The van der Waals surface area contributed by atoms with E-state index in [1.165, 1.54) is 14.2 Å². The SMILES string of the molecule is COc1cccc(OC)c1NC(=O)NCCN1C(=O)CSC1=O. The fourth-order valence-corrected chi connectivity index (χ4v) is 2.76. The van der Waals surface area contributed by atoms with Crippen molar-refractivity contribution < 1.29 is 23.9 Å². The van der Waals surface area contributed by atoms with Crippen LogP contribution in [0.25, 0.3) is 0 Å². The Morgan fingerprint density at radius 2 is 1.91 bits per heavy atom. The Labute approximate surface area is 137 Å². The van der Waals surface area contributed by atoms with E-state index in [1.807, 2.05) is 0 Å². The van der Waals surface area contributed by atoms with Crippen LogP contribution in [0.2, 0.25) is 0 Å². The van der Waals surface area contributed by atoms with E-state index in [2.05, 4.69) is 10.6 Å². The van der Waals surface area contributed by atoms with Crippen molar-refractivity contribution in [3.8, 4) is 11.5 Å². The summed E-state index contributed by atoms with van der Waals surface area (Å²) in [6.45, 7) is 0.294. The lowest BCUT2D eigenvalue weighted by molar-refractivity contribution is -0.124. The van der Waals surface area contributed by atoms with Crippen LogP contribution in [0.4, 0.5) is 15.3 Å². The smallest absolute Gasteiger partial charge is 0.319 e. The Kier molecular flexibility index (Phi) is 5.69. The van der Waals surface area contributed by atoms with Crippen LogP contribution in [0, 0.1) is 0 Å². The number of thioether (sulfide) groups is 1. The number of carbonyl (C=O) groups excluding carboxylic acids is 3. The maximum absolute atomic E-state index is 12.0. The molecule has 1 aliphatic heterocycles. The second kappa shape index (κ2) is 7.73. The minimum Gasteiger partial charge on any atom is -0.494 e. The third kappa shape index (κ3) is 4.07. The topological polar surface area (TPSA) is 97.0 Å². The fraction of sp³-hybridized carbons (Fsp3) is 0.357. The highest BCUT2D eigenvalue weighted by Crippen LogP contribution is 2.33. The summed E-state index contributed by atoms with van der Waals surface area (Å²) < 4.78 is 10.4. The fourth-order valence-electron chi connectivity index (χ4n) is 2.01. The van der Waals surface area contributed by atoms with Crippen LogP contribution in [0.1, 0.15) is 0 Å². The predicted octanol–water partition coefficient (Wildman–Crippen LogP) is 1.52. The lowest BCUT2D eigenvalue weighted by Gasteiger charge is -2.16. The molecule has 1 aromatic carbocycles. The summed E-state index contributed by atoms with van der Waals surface area (Å²) in [5, 5.41) is 4.93. The Morgan fingerprint density at radius 1 is 1.26 bits per heavy atom. The number of para-hydroxylation sites is 1. The standard InChI is InChI=1S/C14H17N3O5S/c1-21-9-4-3-5-10(22-2)12(9)16-13(19)15-6-7-17-11(18)8-23-14(17)20/h3-5H,6-8H2,1-2H3,(H2,15,16,19). The van der Waals surface area contributed by atoms with Crippen LogP contribution >= 0.6 is 11.8 Å². The molecule has 0 radical (unpaired) electrons. The van der Waals surface area contributed by atoms with Gasteiger partial charge in [-0.2, -0.15) is 0 Å². The van der Waals surface area contributed by atoms with Crippen LogP contribution in [0.15, 0.2) is 18.2 Å². The van der Waals surface area contributed by atoms with Gasteiger partial charge in [-0.15, -0.1) is 0 Å². The van der Waals surface area contributed by atoms with Gasteiger partial charge >= 0.3 is 6.03 Å². The molecule has 9 heteroatoms. The van der Waals surface area contributed by atoms with Crippen molar-refractivity contribution in [2.45, 2.75) is 0 Å². The number of nitrogens with zero attached hydrogens (tertiary/aromatic N) is 1. The minimum atomic E-state index is -0.487. The lowest BCUT2D eigenvalue weighted by atomic mass is 10.2. The number of imide groups is 1. The monoisotopic (exact) mass is 339 g/mol. The van der Waals surface area contributed by atoms with Crippen LogP contribution in [-0.2, 0) is 4.79 Å². The molecule has 2 N–H and O–H groups in total. The van der Waals surface area contributed by atoms with Crippen LogP contribution in [0.3, 0.4) is 0 Å². The van der Waals surface area contributed by atoms with Gasteiger partial charge in [0, 0.05) is 13.1 Å². The molecule has 0 spiro atoms. The van der Waals surface area contributed by atoms with Gasteiger partial charge in [-0.3, -0.25) is 14.5 Å². The lowest BCUT2D eigenvalue weighted by Crippen LogP contribution is -2.39. The molecular formula is C14H17N3O5S.